The molecule has 0 bridgehead atoms. The fraction of sp³-hybridized carbons (Fsp3) is 0.545. The number of aliphatic hydroxyl groups excluding tert-OH is 10. The van der Waals surface area contributed by atoms with E-state index < -0.39 is 150 Å². The Balaban J connectivity index is 1.43. The average Bonchev–Trinajstić information content (AvgIpc) is 3.14. The van der Waals surface area contributed by atoms with Crippen LogP contribution < -0.4 is 14.9 Å². The van der Waals surface area contributed by atoms with Crippen LogP contribution in [0.15, 0.2) is 39.5 Å². The van der Waals surface area contributed by atoms with Gasteiger partial charge in [0.15, 0.2) is 29.7 Å². The molecule has 0 radical (unpaired) electrons. The fourth-order valence-electron chi connectivity index (χ4n) is 6.28. The summed E-state index contributed by atoms with van der Waals surface area (Å²) in [6, 6.07) is 5.20. The minimum absolute atomic E-state index is 0.136. The number of benzene rings is 2. The molecule has 3 saturated heterocycles. The Morgan fingerprint density at radius 1 is 0.630 bits per heavy atom. The molecular formula is C33H40O21. The van der Waals surface area contributed by atoms with E-state index in [1.54, 1.807) is 0 Å². The Hall–Kier alpha value is -3.91. The summed E-state index contributed by atoms with van der Waals surface area (Å²) in [5.74, 6) is -3.63. The normalized spacial score (nSPS) is 37.3. The van der Waals surface area contributed by atoms with Crippen LogP contribution in [-0.4, -0.2) is 172 Å². The van der Waals surface area contributed by atoms with E-state index in [2.05, 4.69) is 0 Å². The van der Waals surface area contributed by atoms with Crippen LogP contribution >= 0.6 is 0 Å². The summed E-state index contributed by atoms with van der Waals surface area (Å²) in [7, 11) is 0. The molecule has 0 amide bonds. The quantitative estimate of drug-likeness (QED) is 0.0917. The van der Waals surface area contributed by atoms with E-state index in [1.807, 2.05) is 0 Å². The van der Waals surface area contributed by atoms with Crippen LogP contribution in [0.4, 0.5) is 0 Å². The van der Waals surface area contributed by atoms with Crippen molar-refractivity contribution in [3.8, 4) is 40.1 Å². The topological polar surface area (TPSA) is 349 Å². The first kappa shape index (κ1) is 39.8. The van der Waals surface area contributed by atoms with Gasteiger partial charge in [0.25, 0.3) is 0 Å². The smallest absolute Gasteiger partial charge is 0.239 e. The second kappa shape index (κ2) is 15.7. The maximum atomic E-state index is 14.2. The lowest BCUT2D eigenvalue weighted by molar-refractivity contribution is -0.358. The molecule has 15 atom stereocenters. The van der Waals surface area contributed by atoms with E-state index in [1.165, 1.54) is 13.0 Å². The van der Waals surface area contributed by atoms with Crippen molar-refractivity contribution < 1.29 is 99.2 Å². The highest BCUT2D eigenvalue weighted by Crippen LogP contribution is 2.41. The van der Waals surface area contributed by atoms with Crippen molar-refractivity contribution >= 4 is 11.0 Å². The Bertz CT molecular complexity index is 1850. The Labute approximate surface area is 303 Å². The number of aromatic hydroxyl groups is 3. The van der Waals surface area contributed by atoms with Crippen LogP contribution in [0.1, 0.15) is 6.92 Å². The van der Waals surface area contributed by atoms with Crippen molar-refractivity contribution in [2.24, 2.45) is 0 Å². The molecule has 6 rings (SSSR count). The maximum Gasteiger partial charge on any atom is 0.239 e. The lowest BCUT2D eigenvalue weighted by atomic mass is 9.97. The largest absolute Gasteiger partial charge is 0.507 e. The molecule has 1 aromatic heterocycles. The molecule has 21 nitrogen and oxygen atoms in total. The van der Waals surface area contributed by atoms with E-state index in [-0.39, 0.29) is 11.3 Å². The molecule has 54 heavy (non-hydrogen) atoms. The van der Waals surface area contributed by atoms with Crippen LogP contribution in [0.3, 0.4) is 0 Å². The molecule has 0 aliphatic carbocycles. The van der Waals surface area contributed by atoms with Gasteiger partial charge in [-0.2, -0.15) is 0 Å². The number of fused-ring (bicyclic) bond motifs is 1. The molecule has 3 aliphatic heterocycles. The highest BCUT2D eigenvalue weighted by atomic mass is 16.8. The third kappa shape index (κ3) is 7.27. The monoisotopic (exact) mass is 772 g/mol. The Kier molecular flexibility index (Phi) is 11.5. The van der Waals surface area contributed by atoms with Crippen molar-refractivity contribution in [2.75, 3.05) is 13.2 Å². The molecule has 21 heteroatoms. The van der Waals surface area contributed by atoms with Gasteiger partial charge in [-0.05, 0) is 25.1 Å². The Morgan fingerprint density at radius 2 is 1.24 bits per heavy atom. The number of hydrogen-bond donors (Lipinski definition) is 13. The van der Waals surface area contributed by atoms with Crippen LogP contribution in [0.25, 0.3) is 22.3 Å². The van der Waals surface area contributed by atoms with E-state index in [9.17, 15) is 71.2 Å². The fourth-order valence-corrected chi connectivity index (χ4v) is 6.28. The summed E-state index contributed by atoms with van der Waals surface area (Å²) in [5, 5.41) is 134. The van der Waals surface area contributed by atoms with Gasteiger partial charge in [-0.1, -0.05) is 0 Å². The van der Waals surface area contributed by atoms with Gasteiger partial charge in [0.1, 0.15) is 83.5 Å². The third-order valence-corrected chi connectivity index (χ3v) is 9.40. The molecule has 3 aliphatic rings. The SMILES string of the molecule is C[C@@H]1O[C@@H](Oc2cc(O)c3c(=O)c(O[C@@H]4O[C@H](CO)[C@@H](O)[C@H](O)[C@H]4O[C@@H]4O[C@H](CO)[C@@H](O)[C@H](O)[C@H]4O)c(-c4ccc(O)c(O)c4)oc3c2)[C@H](O)[C@H](O)[C@H]1O. The number of phenolic OH excluding ortho intramolecular Hbond substituents is 3. The number of rotatable bonds is 9. The molecular weight excluding hydrogens is 732 g/mol. The predicted molar refractivity (Wildman–Crippen MR) is 173 cm³/mol. The standard InChI is InChI=1S/C33H40O21/c1-9-19(39)23(43)26(46)31(48-9)49-11-5-14(38)18-15(6-11)50-28(10-2-3-12(36)13(37)4-10)29(22(18)42)53-33-30(25(45)21(41)17(8-35)52-33)54-32-27(47)24(44)20(40)16(7-34)51-32/h2-6,9,16-17,19-21,23-27,30-41,43-47H,7-8H2,1H3/t9-,16+,17+,19-,20+,21+,23+,24-,25-,26+,27+,30+,31-,32-,33-/m0/s1. The zero-order valence-corrected chi connectivity index (χ0v) is 28.0. The second-order valence-electron chi connectivity index (χ2n) is 13.0. The van der Waals surface area contributed by atoms with E-state index in [0.717, 1.165) is 24.3 Å². The van der Waals surface area contributed by atoms with Crippen molar-refractivity contribution in [3.05, 3.63) is 40.6 Å². The zero-order valence-electron chi connectivity index (χ0n) is 28.0. The third-order valence-electron chi connectivity index (χ3n) is 9.40. The first-order valence-electron chi connectivity index (χ1n) is 16.5. The first-order valence-corrected chi connectivity index (χ1v) is 16.5. The number of ether oxygens (including phenoxy) is 6. The molecule has 13 N–H and O–H groups in total. The van der Waals surface area contributed by atoms with Crippen LogP contribution in [0.2, 0.25) is 0 Å². The minimum atomic E-state index is -2.03. The molecule has 4 heterocycles. The number of phenols is 3. The van der Waals surface area contributed by atoms with Crippen molar-refractivity contribution in [3.63, 3.8) is 0 Å². The average molecular weight is 773 g/mol. The van der Waals surface area contributed by atoms with Crippen molar-refractivity contribution in [1.82, 2.24) is 0 Å². The van der Waals surface area contributed by atoms with Crippen LogP contribution in [-0.2, 0) is 18.9 Å². The summed E-state index contributed by atoms with van der Waals surface area (Å²) in [6.07, 6.45) is -26.0. The molecule has 298 valence electrons. The lowest BCUT2D eigenvalue weighted by Crippen LogP contribution is -2.65. The highest BCUT2D eigenvalue weighted by molar-refractivity contribution is 5.88. The summed E-state index contributed by atoms with van der Waals surface area (Å²) in [4.78, 5) is 14.2. The van der Waals surface area contributed by atoms with Crippen molar-refractivity contribution in [1.29, 1.82) is 0 Å². The summed E-state index contributed by atoms with van der Waals surface area (Å²) < 4.78 is 39.7. The predicted octanol–water partition coefficient (Wildman–Crippen LogP) is -4.21. The van der Waals surface area contributed by atoms with Gasteiger partial charge in [-0.25, -0.2) is 0 Å². The molecule has 0 spiro atoms. The highest BCUT2D eigenvalue weighted by Gasteiger charge is 2.52. The summed E-state index contributed by atoms with van der Waals surface area (Å²) in [6.45, 7) is -0.348. The van der Waals surface area contributed by atoms with Crippen LogP contribution in [0, 0.1) is 0 Å². The van der Waals surface area contributed by atoms with Gasteiger partial charge in [0.05, 0.1) is 19.3 Å². The van der Waals surface area contributed by atoms with E-state index in [4.69, 9.17) is 32.8 Å². The molecule has 0 unspecified atom stereocenters. The Morgan fingerprint density at radius 3 is 1.89 bits per heavy atom. The molecule has 2 aromatic carbocycles. The molecule has 3 aromatic rings. The second-order valence-corrected chi connectivity index (χ2v) is 13.0. The van der Waals surface area contributed by atoms with Crippen LogP contribution in [0.5, 0.6) is 28.7 Å². The maximum absolute atomic E-state index is 14.2. The summed E-state index contributed by atoms with van der Waals surface area (Å²) in [5.41, 5.74) is -1.67. The lowest BCUT2D eigenvalue weighted by Gasteiger charge is -2.45. The zero-order chi connectivity index (χ0) is 39.3. The van der Waals surface area contributed by atoms with E-state index >= 15 is 0 Å². The van der Waals surface area contributed by atoms with Gasteiger partial charge in [0, 0.05) is 17.7 Å². The number of hydrogen-bond acceptors (Lipinski definition) is 21. The van der Waals surface area contributed by atoms with Gasteiger partial charge in [-0.15, -0.1) is 0 Å². The van der Waals surface area contributed by atoms with Gasteiger partial charge in [0.2, 0.25) is 23.8 Å². The minimum Gasteiger partial charge on any atom is -0.507 e. The van der Waals surface area contributed by atoms with Gasteiger partial charge < -0.3 is 99.2 Å². The van der Waals surface area contributed by atoms with E-state index in [0.29, 0.717) is 0 Å². The first-order chi connectivity index (χ1) is 25.6. The number of aliphatic hydroxyl groups is 10. The summed E-state index contributed by atoms with van der Waals surface area (Å²) >= 11 is 0. The molecule has 3 fully saturated rings. The van der Waals surface area contributed by atoms with Crippen molar-refractivity contribution in [2.45, 2.75) is 99.0 Å². The van der Waals surface area contributed by atoms with Gasteiger partial charge in [-0.3, -0.25) is 4.79 Å². The van der Waals surface area contributed by atoms with Gasteiger partial charge >= 0.3 is 0 Å². The molecule has 0 saturated carbocycles.